The van der Waals surface area contributed by atoms with Crippen molar-refractivity contribution in [2.75, 3.05) is 23.8 Å². The van der Waals surface area contributed by atoms with Gasteiger partial charge in [0.2, 0.25) is 5.95 Å². The summed E-state index contributed by atoms with van der Waals surface area (Å²) in [5, 5.41) is 6.15. The molecule has 24 heavy (non-hydrogen) atoms. The summed E-state index contributed by atoms with van der Waals surface area (Å²) in [5.74, 6) is -0.615. The molecule has 1 aromatic heterocycles. The normalized spacial score (nSPS) is 10.1. The summed E-state index contributed by atoms with van der Waals surface area (Å²) in [5.41, 5.74) is 0.355. The topological polar surface area (TPSA) is 93.2 Å². The summed E-state index contributed by atoms with van der Waals surface area (Å²) in [7, 11) is 0. The highest BCUT2D eigenvalue weighted by Gasteiger charge is 2.10. The van der Waals surface area contributed by atoms with Crippen LogP contribution in [0.4, 0.5) is 11.6 Å². The third kappa shape index (κ3) is 6.02. The molecule has 0 aliphatic rings. The summed E-state index contributed by atoms with van der Waals surface area (Å²) in [6.45, 7) is -0.117. The number of carbonyl (C=O) groups is 2. The number of halogens is 2. The van der Waals surface area contributed by atoms with Crippen LogP contribution >= 0.6 is 23.2 Å². The third-order valence-electron chi connectivity index (χ3n) is 2.74. The van der Waals surface area contributed by atoms with E-state index in [9.17, 15) is 9.59 Å². The van der Waals surface area contributed by atoms with Crippen LogP contribution in [0.1, 0.15) is 6.42 Å². The summed E-state index contributed by atoms with van der Waals surface area (Å²) in [6.07, 6.45) is 3.24. The number of anilines is 2. The Labute approximate surface area is 148 Å². The van der Waals surface area contributed by atoms with E-state index in [4.69, 9.17) is 27.9 Å². The van der Waals surface area contributed by atoms with Crippen molar-refractivity contribution >= 4 is 46.7 Å². The number of aromatic nitrogens is 2. The van der Waals surface area contributed by atoms with Gasteiger partial charge in [0.05, 0.1) is 17.1 Å². The van der Waals surface area contributed by atoms with Crippen LogP contribution in [0.2, 0.25) is 10.0 Å². The van der Waals surface area contributed by atoms with Gasteiger partial charge >= 0.3 is 5.97 Å². The predicted molar refractivity (Wildman–Crippen MR) is 91.2 cm³/mol. The average Bonchev–Trinajstić information content (AvgIpc) is 2.57. The third-order valence-corrected chi connectivity index (χ3v) is 3.31. The Hall–Kier alpha value is -2.38. The van der Waals surface area contributed by atoms with Gasteiger partial charge in [0.1, 0.15) is 0 Å². The number of carbonyl (C=O) groups excluding carboxylic acids is 2. The molecule has 1 amide bonds. The maximum absolute atomic E-state index is 11.8. The first-order valence-corrected chi connectivity index (χ1v) is 7.71. The maximum Gasteiger partial charge on any atom is 0.308 e. The van der Waals surface area contributed by atoms with E-state index in [0.717, 1.165) is 0 Å². The molecule has 1 heterocycles. The van der Waals surface area contributed by atoms with Gasteiger partial charge in [0, 0.05) is 24.0 Å². The van der Waals surface area contributed by atoms with Gasteiger partial charge in [-0.15, -0.1) is 0 Å². The van der Waals surface area contributed by atoms with Crippen LogP contribution in [0, 0.1) is 0 Å². The quantitative estimate of drug-likeness (QED) is 0.729. The molecule has 0 radical (unpaired) electrons. The van der Waals surface area contributed by atoms with E-state index in [0.29, 0.717) is 28.2 Å². The zero-order valence-corrected chi connectivity index (χ0v) is 14.0. The molecule has 0 spiro atoms. The Morgan fingerprint density at radius 1 is 1.17 bits per heavy atom. The molecule has 0 aliphatic heterocycles. The number of amides is 1. The fourth-order valence-electron chi connectivity index (χ4n) is 1.66. The van der Waals surface area contributed by atoms with Gasteiger partial charge in [0.25, 0.3) is 5.91 Å². The van der Waals surface area contributed by atoms with E-state index >= 15 is 0 Å². The number of hydrogen-bond acceptors (Lipinski definition) is 6. The Kier molecular flexibility index (Phi) is 6.77. The van der Waals surface area contributed by atoms with E-state index in [2.05, 4.69) is 20.6 Å². The first-order valence-electron chi connectivity index (χ1n) is 6.96. The molecule has 126 valence electrons. The van der Waals surface area contributed by atoms with E-state index in [1.54, 1.807) is 30.6 Å². The molecule has 7 nitrogen and oxygen atoms in total. The van der Waals surface area contributed by atoms with Crippen molar-refractivity contribution in [2.24, 2.45) is 0 Å². The minimum atomic E-state index is -0.522. The molecule has 2 rings (SSSR count). The van der Waals surface area contributed by atoms with E-state index in [-0.39, 0.29) is 6.42 Å². The highest BCUT2D eigenvalue weighted by atomic mass is 35.5. The number of benzene rings is 1. The molecule has 0 saturated carbocycles. The van der Waals surface area contributed by atoms with Crippen LogP contribution in [-0.2, 0) is 14.3 Å². The highest BCUT2D eigenvalue weighted by Crippen LogP contribution is 2.25. The second-order valence-corrected chi connectivity index (χ2v) is 5.43. The van der Waals surface area contributed by atoms with E-state index in [1.807, 2.05) is 0 Å². The smallest absolute Gasteiger partial charge is 0.308 e. The summed E-state index contributed by atoms with van der Waals surface area (Å²) in [4.78, 5) is 31.2. The van der Waals surface area contributed by atoms with Gasteiger partial charge in [-0.2, -0.15) is 0 Å². The Morgan fingerprint density at radius 2 is 1.92 bits per heavy atom. The van der Waals surface area contributed by atoms with E-state index in [1.165, 1.54) is 6.07 Å². The number of hydrogen-bond donors (Lipinski definition) is 2. The molecular weight excluding hydrogens is 355 g/mol. The lowest BCUT2D eigenvalue weighted by Gasteiger charge is -2.08. The summed E-state index contributed by atoms with van der Waals surface area (Å²) in [6, 6.07) is 6.35. The molecular formula is C15H14Cl2N4O3. The van der Waals surface area contributed by atoms with Gasteiger partial charge in [-0.05, 0) is 24.3 Å². The molecule has 0 bridgehead atoms. The first-order chi connectivity index (χ1) is 11.5. The van der Waals surface area contributed by atoms with E-state index < -0.39 is 18.5 Å². The van der Waals surface area contributed by atoms with Crippen LogP contribution in [0.3, 0.4) is 0 Å². The fourth-order valence-corrected chi connectivity index (χ4v) is 2.00. The molecule has 2 aromatic rings. The second kappa shape index (κ2) is 9.05. The van der Waals surface area contributed by atoms with Gasteiger partial charge in [-0.1, -0.05) is 23.2 Å². The van der Waals surface area contributed by atoms with Crippen molar-refractivity contribution in [3.8, 4) is 0 Å². The van der Waals surface area contributed by atoms with Crippen LogP contribution < -0.4 is 10.6 Å². The SMILES string of the molecule is O=C(COC(=O)CCNc1ncccn1)Nc1cc(Cl)ccc1Cl. The van der Waals surface area contributed by atoms with Crippen molar-refractivity contribution in [3.63, 3.8) is 0 Å². The Balaban J connectivity index is 1.69. The van der Waals surface area contributed by atoms with Crippen molar-refractivity contribution < 1.29 is 14.3 Å². The Morgan fingerprint density at radius 3 is 2.67 bits per heavy atom. The zero-order chi connectivity index (χ0) is 17.4. The number of ether oxygens (including phenoxy) is 1. The maximum atomic E-state index is 11.8. The Bertz CT molecular complexity index is 713. The lowest BCUT2D eigenvalue weighted by molar-refractivity contribution is -0.147. The minimum Gasteiger partial charge on any atom is -0.456 e. The summed E-state index contributed by atoms with van der Waals surface area (Å²) < 4.78 is 4.88. The van der Waals surface area contributed by atoms with Crippen molar-refractivity contribution in [3.05, 3.63) is 46.7 Å². The molecule has 0 aliphatic carbocycles. The van der Waals surface area contributed by atoms with Crippen LogP contribution in [0.15, 0.2) is 36.7 Å². The van der Waals surface area contributed by atoms with Crippen molar-refractivity contribution in [1.82, 2.24) is 9.97 Å². The van der Waals surface area contributed by atoms with Gasteiger partial charge < -0.3 is 15.4 Å². The van der Waals surface area contributed by atoms with Gasteiger partial charge in [-0.3, -0.25) is 9.59 Å². The molecule has 0 unspecified atom stereocenters. The first kappa shape index (κ1) is 18.0. The predicted octanol–water partition coefficient (Wildman–Crippen LogP) is 2.77. The number of esters is 1. The number of nitrogens with zero attached hydrogens (tertiary/aromatic N) is 2. The summed E-state index contributed by atoms with van der Waals surface area (Å²) >= 11 is 11.8. The van der Waals surface area contributed by atoms with Crippen molar-refractivity contribution in [2.45, 2.75) is 6.42 Å². The second-order valence-electron chi connectivity index (χ2n) is 4.58. The lowest BCUT2D eigenvalue weighted by atomic mass is 10.3. The minimum absolute atomic E-state index is 0.0729. The number of rotatable bonds is 7. The van der Waals surface area contributed by atoms with Crippen molar-refractivity contribution in [1.29, 1.82) is 0 Å². The molecule has 9 heteroatoms. The van der Waals surface area contributed by atoms with Gasteiger partial charge in [-0.25, -0.2) is 9.97 Å². The zero-order valence-electron chi connectivity index (χ0n) is 12.5. The lowest BCUT2D eigenvalue weighted by Crippen LogP contribution is -2.22. The molecule has 0 atom stereocenters. The average molecular weight is 369 g/mol. The monoisotopic (exact) mass is 368 g/mol. The van der Waals surface area contributed by atoms with Crippen LogP contribution in [0.5, 0.6) is 0 Å². The molecule has 0 saturated heterocycles. The molecule has 0 fully saturated rings. The fraction of sp³-hybridized carbons (Fsp3) is 0.200. The van der Waals surface area contributed by atoms with Gasteiger partial charge in [0.15, 0.2) is 6.61 Å². The van der Waals surface area contributed by atoms with Crippen LogP contribution in [0.25, 0.3) is 0 Å². The number of nitrogens with one attached hydrogen (secondary N) is 2. The highest BCUT2D eigenvalue weighted by molar-refractivity contribution is 6.35. The molecule has 2 N–H and O–H groups in total. The van der Waals surface area contributed by atoms with Crippen LogP contribution in [-0.4, -0.2) is 35.0 Å². The standard InChI is InChI=1S/C15H14Cl2N4O3/c16-10-2-3-11(17)12(8-10)21-13(22)9-24-14(23)4-7-20-15-18-5-1-6-19-15/h1-3,5-6,8H,4,7,9H2,(H,21,22)(H,18,19,20). The molecule has 1 aromatic carbocycles. The largest absolute Gasteiger partial charge is 0.456 e.